The molecule has 0 radical (unpaired) electrons. The van der Waals surface area contributed by atoms with Gasteiger partial charge in [0.2, 0.25) is 5.91 Å². The zero-order chi connectivity index (χ0) is 20.5. The molecule has 2 N–H and O–H groups in total. The minimum Gasteiger partial charge on any atom is -0.381 e. The lowest BCUT2D eigenvalue weighted by Crippen LogP contribution is -2.22. The van der Waals surface area contributed by atoms with Crippen molar-refractivity contribution in [2.45, 2.75) is 52.9 Å². The third kappa shape index (κ3) is 6.30. The second-order valence-corrected chi connectivity index (χ2v) is 7.10. The number of anilines is 1. The number of nitrogens with one attached hydrogen (secondary N) is 2. The standard InChI is InChI=1S/C22H30N2O4/c1-15(25)19-9-5-10-21(22(19)16(2)26)24-20(18-7-4-8-18)11-14-28-13-6-12-23-17(3)27/h5,9-10,24H,4,6-8,11-14H2,1-3H3,(H,23,27). The summed E-state index contributed by atoms with van der Waals surface area (Å²) in [6, 6.07) is 5.34. The number of rotatable bonds is 11. The molecule has 152 valence electrons. The highest BCUT2D eigenvalue weighted by atomic mass is 16.5. The molecule has 1 aliphatic rings. The van der Waals surface area contributed by atoms with Gasteiger partial charge < -0.3 is 15.4 Å². The van der Waals surface area contributed by atoms with Crippen LogP contribution in [0.25, 0.3) is 0 Å². The van der Waals surface area contributed by atoms with Gasteiger partial charge in [0.05, 0.1) is 12.2 Å². The fraction of sp³-hybridized carbons (Fsp3) is 0.500. The molecule has 0 bridgehead atoms. The van der Waals surface area contributed by atoms with E-state index in [0.717, 1.165) is 31.4 Å². The Hall–Kier alpha value is -2.47. The summed E-state index contributed by atoms with van der Waals surface area (Å²) in [5.74, 6) is -0.273. The molecule has 1 amide bonds. The van der Waals surface area contributed by atoms with Crippen molar-refractivity contribution in [1.29, 1.82) is 0 Å². The van der Waals surface area contributed by atoms with Crippen LogP contribution in [0.15, 0.2) is 29.5 Å². The lowest BCUT2D eigenvalue weighted by atomic mass is 9.89. The van der Waals surface area contributed by atoms with Crippen LogP contribution in [0.4, 0.5) is 5.69 Å². The average molecular weight is 386 g/mol. The number of allylic oxidation sites excluding steroid dienone is 1. The molecule has 0 atom stereocenters. The Morgan fingerprint density at radius 2 is 1.79 bits per heavy atom. The van der Waals surface area contributed by atoms with Gasteiger partial charge in [0.1, 0.15) is 0 Å². The monoisotopic (exact) mass is 386 g/mol. The molecule has 1 aliphatic carbocycles. The molecular formula is C22H30N2O4. The molecule has 0 aliphatic heterocycles. The Kier molecular flexibility index (Phi) is 8.39. The number of ether oxygens (including phenoxy) is 1. The van der Waals surface area contributed by atoms with Crippen LogP contribution in [0.3, 0.4) is 0 Å². The molecule has 0 spiro atoms. The molecule has 1 saturated carbocycles. The van der Waals surface area contributed by atoms with Crippen molar-refractivity contribution >= 4 is 23.2 Å². The zero-order valence-corrected chi connectivity index (χ0v) is 17.0. The SMILES string of the molecule is CC(=O)NCCCOCCC(Nc1cccc(C(C)=O)c1C(C)=O)=C1CCC1. The molecule has 6 heteroatoms. The molecule has 1 aromatic rings. The molecule has 6 nitrogen and oxygen atoms in total. The zero-order valence-electron chi connectivity index (χ0n) is 17.0. The molecule has 1 aromatic carbocycles. The molecule has 28 heavy (non-hydrogen) atoms. The first-order chi connectivity index (χ1) is 13.4. The summed E-state index contributed by atoms with van der Waals surface area (Å²) in [5, 5.41) is 6.16. The van der Waals surface area contributed by atoms with E-state index in [2.05, 4.69) is 10.6 Å². The van der Waals surface area contributed by atoms with Crippen LogP contribution in [0.5, 0.6) is 0 Å². The number of carbonyl (C=O) groups is 3. The van der Waals surface area contributed by atoms with Gasteiger partial charge in [0, 0.05) is 43.4 Å². The van der Waals surface area contributed by atoms with Gasteiger partial charge in [-0.2, -0.15) is 0 Å². The number of benzene rings is 1. The van der Waals surface area contributed by atoms with Crippen molar-refractivity contribution in [2.75, 3.05) is 25.1 Å². The number of carbonyl (C=O) groups excluding carboxylic acids is 3. The van der Waals surface area contributed by atoms with Gasteiger partial charge in [-0.25, -0.2) is 0 Å². The normalized spacial score (nSPS) is 12.9. The van der Waals surface area contributed by atoms with Gasteiger partial charge in [-0.15, -0.1) is 0 Å². The van der Waals surface area contributed by atoms with Crippen LogP contribution >= 0.6 is 0 Å². The molecule has 1 fully saturated rings. The van der Waals surface area contributed by atoms with Crippen molar-refractivity contribution in [2.24, 2.45) is 0 Å². The maximum Gasteiger partial charge on any atom is 0.216 e. The smallest absolute Gasteiger partial charge is 0.216 e. The first-order valence-corrected chi connectivity index (χ1v) is 9.85. The summed E-state index contributed by atoms with van der Waals surface area (Å²) in [7, 11) is 0. The summed E-state index contributed by atoms with van der Waals surface area (Å²) < 4.78 is 5.70. The molecule has 0 unspecified atom stereocenters. The Labute approximate surface area is 166 Å². The van der Waals surface area contributed by atoms with E-state index >= 15 is 0 Å². The average Bonchev–Trinajstić information content (AvgIpc) is 2.58. The Balaban J connectivity index is 2.01. The fourth-order valence-corrected chi connectivity index (χ4v) is 3.19. The van der Waals surface area contributed by atoms with Crippen LogP contribution in [0.1, 0.15) is 73.6 Å². The first-order valence-electron chi connectivity index (χ1n) is 9.85. The number of amides is 1. The maximum atomic E-state index is 12.2. The molecule has 0 aromatic heterocycles. The topological polar surface area (TPSA) is 84.5 Å². The van der Waals surface area contributed by atoms with Crippen molar-refractivity contribution in [3.8, 4) is 0 Å². The summed E-state index contributed by atoms with van der Waals surface area (Å²) in [5.41, 5.74) is 4.01. The highest BCUT2D eigenvalue weighted by Gasteiger charge is 2.19. The summed E-state index contributed by atoms with van der Waals surface area (Å²) in [6.45, 7) is 6.23. The Morgan fingerprint density at radius 3 is 2.36 bits per heavy atom. The lowest BCUT2D eigenvalue weighted by Gasteiger charge is -2.24. The Bertz CT molecular complexity index is 762. The minimum absolute atomic E-state index is 0.0322. The van der Waals surface area contributed by atoms with Gasteiger partial charge in [0.25, 0.3) is 0 Å². The van der Waals surface area contributed by atoms with Gasteiger partial charge in [-0.1, -0.05) is 17.7 Å². The Morgan fingerprint density at radius 1 is 1.04 bits per heavy atom. The highest BCUT2D eigenvalue weighted by molar-refractivity contribution is 6.10. The van der Waals surface area contributed by atoms with E-state index in [0.29, 0.717) is 36.6 Å². The van der Waals surface area contributed by atoms with Crippen LogP contribution in [-0.4, -0.2) is 37.2 Å². The van der Waals surface area contributed by atoms with E-state index < -0.39 is 0 Å². The summed E-state index contributed by atoms with van der Waals surface area (Å²) >= 11 is 0. The molecule has 0 heterocycles. The van der Waals surface area contributed by atoms with Crippen LogP contribution in [0, 0.1) is 0 Å². The van der Waals surface area contributed by atoms with E-state index in [1.165, 1.54) is 32.8 Å². The largest absolute Gasteiger partial charge is 0.381 e. The minimum atomic E-state index is -0.125. The van der Waals surface area contributed by atoms with Gasteiger partial charge in [-0.05, 0) is 45.6 Å². The number of Topliss-reactive ketones (excluding diaryl/α,β-unsaturated/α-hetero) is 2. The van der Waals surface area contributed by atoms with Gasteiger partial charge in [-0.3, -0.25) is 14.4 Å². The molecule has 0 saturated heterocycles. The third-order valence-electron chi connectivity index (χ3n) is 4.80. The van der Waals surface area contributed by atoms with E-state index in [9.17, 15) is 14.4 Å². The maximum absolute atomic E-state index is 12.2. The number of ketones is 2. The van der Waals surface area contributed by atoms with Crippen LogP contribution in [0.2, 0.25) is 0 Å². The number of hydrogen-bond donors (Lipinski definition) is 2. The van der Waals surface area contributed by atoms with Crippen LogP contribution in [-0.2, 0) is 9.53 Å². The number of hydrogen-bond acceptors (Lipinski definition) is 5. The van der Waals surface area contributed by atoms with E-state index in [1.807, 2.05) is 6.07 Å². The molecule has 2 rings (SSSR count). The summed E-state index contributed by atoms with van der Waals surface area (Å²) in [6.07, 6.45) is 4.76. The summed E-state index contributed by atoms with van der Waals surface area (Å²) in [4.78, 5) is 34.9. The fourth-order valence-electron chi connectivity index (χ4n) is 3.19. The van der Waals surface area contributed by atoms with E-state index in [-0.39, 0.29) is 17.5 Å². The third-order valence-corrected chi connectivity index (χ3v) is 4.80. The molecular weight excluding hydrogens is 356 g/mol. The quantitative estimate of drug-likeness (QED) is 0.445. The predicted octanol–water partition coefficient (Wildman–Crippen LogP) is 3.87. The van der Waals surface area contributed by atoms with E-state index in [1.54, 1.807) is 12.1 Å². The first kappa shape index (κ1) is 21.8. The second kappa shape index (κ2) is 10.8. The van der Waals surface area contributed by atoms with E-state index in [4.69, 9.17) is 4.74 Å². The van der Waals surface area contributed by atoms with Crippen molar-refractivity contribution in [1.82, 2.24) is 5.32 Å². The highest BCUT2D eigenvalue weighted by Crippen LogP contribution is 2.32. The van der Waals surface area contributed by atoms with Crippen molar-refractivity contribution in [3.05, 3.63) is 40.6 Å². The van der Waals surface area contributed by atoms with Crippen molar-refractivity contribution < 1.29 is 19.1 Å². The van der Waals surface area contributed by atoms with Crippen LogP contribution < -0.4 is 10.6 Å². The lowest BCUT2D eigenvalue weighted by molar-refractivity contribution is -0.119. The predicted molar refractivity (Wildman–Crippen MR) is 110 cm³/mol. The van der Waals surface area contributed by atoms with Gasteiger partial charge in [0.15, 0.2) is 11.6 Å². The second-order valence-electron chi connectivity index (χ2n) is 7.10. The van der Waals surface area contributed by atoms with Crippen molar-refractivity contribution in [3.63, 3.8) is 0 Å². The van der Waals surface area contributed by atoms with Gasteiger partial charge >= 0.3 is 0 Å².